The van der Waals surface area contributed by atoms with Crippen LogP contribution < -0.4 is 10.8 Å². The molecule has 32 heavy (non-hydrogen) atoms. The number of halogens is 5. The predicted octanol–water partition coefficient (Wildman–Crippen LogP) is 5.47. The number of carbonyl (C=O) groups excluding carboxylic acids is 1. The second kappa shape index (κ2) is 8.62. The summed E-state index contributed by atoms with van der Waals surface area (Å²) in [5.41, 5.74) is 0.842. The van der Waals surface area contributed by atoms with Gasteiger partial charge >= 0.3 is 6.18 Å². The number of amides is 1. The lowest BCUT2D eigenvalue weighted by Gasteiger charge is -2.28. The molecule has 2 aliphatic heterocycles. The van der Waals surface area contributed by atoms with Crippen LogP contribution >= 0.6 is 35.0 Å². The summed E-state index contributed by atoms with van der Waals surface area (Å²) in [6.45, 7) is 2.35. The number of hydroxylamine groups is 1. The number of aryl methyl sites for hydroxylation is 1. The molecule has 0 aliphatic carbocycles. The third-order valence-corrected chi connectivity index (χ3v) is 6.30. The molecule has 2 aromatic carbocycles. The van der Waals surface area contributed by atoms with Crippen LogP contribution in [0.1, 0.15) is 27.0 Å². The Morgan fingerprint density at radius 3 is 2.53 bits per heavy atom. The minimum Gasteiger partial charge on any atom is -0.301 e. The van der Waals surface area contributed by atoms with Crippen LogP contribution in [0.3, 0.4) is 0 Å². The van der Waals surface area contributed by atoms with Crippen molar-refractivity contribution in [2.75, 3.05) is 12.3 Å². The molecule has 0 bridgehead atoms. The van der Waals surface area contributed by atoms with E-state index in [2.05, 4.69) is 15.8 Å². The van der Waals surface area contributed by atoms with Crippen LogP contribution in [0.4, 0.5) is 13.2 Å². The maximum absolute atomic E-state index is 14.1. The van der Waals surface area contributed by atoms with Gasteiger partial charge in [0.1, 0.15) is 0 Å². The molecule has 4 rings (SSSR count). The zero-order valence-corrected chi connectivity index (χ0v) is 18.8. The van der Waals surface area contributed by atoms with Crippen LogP contribution in [0.5, 0.6) is 0 Å². The van der Waals surface area contributed by atoms with E-state index in [0.717, 1.165) is 24.0 Å². The molecule has 0 fully saturated rings. The van der Waals surface area contributed by atoms with E-state index in [9.17, 15) is 18.0 Å². The van der Waals surface area contributed by atoms with Crippen LogP contribution in [0, 0.1) is 6.92 Å². The van der Waals surface area contributed by atoms with Crippen molar-refractivity contribution >= 4 is 51.7 Å². The average molecular weight is 502 g/mol. The van der Waals surface area contributed by atoms with Crippen LogP contribution in [-0.4, -0.2) is 29.5 Å². The van der Waals surface area contributed by atoms with Crippen LogP contribution in [0.2, 0.25) is 10.0 Å². The Morgan fingerprint density at radius 1 is 1.22 bits per heavy atom. The molecule has 0 saturated heterocycles. The van der Waals surface area contributed by atoms with Crippen molar-refractivity contribution in [2.24, 2.45) is 4.99 Å². The number of hydrogen-bond acceptors (Lipinski definition) is 5. The summed E-state index contributed by atoms with van der Waals surface area (Å²) < 4.78 is 42.4. The van der Waals surface area contributed by atoms with Crippen molar-refractivity contribution in [2.45, 2.75) is 18.7 Å². The van der Waals surface area contributed by atoms with Crippen molar-refractivity contribution in [1.82, 2.24) is 10.8 Å². The molecule has 2 N–H and O–H groups in total. The maximum atomic E-state index is 14.1. The summed E-state index contributed by atoms with van der Waals surface area (Å²) in [5, 5.41) is 3.40. The van der Waals surface area contributed by atoms with Gasteiger partial charge in [0.25, 0.3) is 5.91 Å². The molecular weight excluding hydrogens is 486 g/mol. The molecule has 5 nitrogen and oxygen atoms in total. The van der Waals surface area contributed by atoms with E-state index in [1.54, 1.807) is 25.1 Å². The quantitative estimate of drug-likeness (QED) is 0.585. The lowest BCUT2D eigenvalue weighted by Crippen LogP contribution is -2.42. The molecule has 2 aliphatic rings. The van der Waals surface area contributed by atoms with E-state index in [0.29, 0.717) is 28.4 Å². The summed E-state index contributed by atoms with van der Waals surface area (Å²) in [6, 6.07) is 8.36. The fraction of sp³-hybridized carbons (Fsp3) is 0.238. The Morgan fingerprint density at radius 2 is 1.94 bits per heavy atom. The fourth-order valence-corrected chi connectivity index (χ4v) is 4.66. The SMILES string of the molecule is Cc1cc(C2=CC(c3cc(Cl)cc(Cl)c3)(C(F)(F)F)ON2)ccc1C(=O)NC1=NCCS1. The highest BCUT2D eigenvalue weighted by Gasteiger charge is 2.59. The van der Waals surface area contributed by atoms with Crippen LogP contribution in [0.25, 0.3) is 5.70 Å². The van der Waals surface area contributed by atoms with Crippen molar-refractivity contribution < 1.29 is 22.8 Å². The predicted molar refractivity (Wildman–Crippen MR) is 120 cm³/mol. The number of rotatable bonds is 3. The molecule has 2 aromatic rings. The summed E-state index contributed by atoms with van der Waals surface area (Å²) >= 11 is 13.3. The lowest BCUT2D eigenvalue weighted by atomic mass is 9.91. The number of benzene rings is 2. The molecule has 0 aromatic heterocycles. The number of nitrogens with zero attached hydrogens (tertiary/aromatic N) is 1. The van der Waals surface area contributed by atoms with Gasteiger partial charge in [0, 0.05) is 26.9 Å². The van der Waals surface area contributed by atoms with Gasteiger partial charge in [-0.1, -0.05) is 41.0 Å². The average Bonchev–Trinajstić information content (AvgIpc) is 3.37. The van der Waals surface area contributed by atoms with Crippen LogP contribution in [-0.2, 0) is 10.4 Å². The Kier molecular flexibility index (Phi) is 6.19. The molecule has 0 radical (unpaired) electrons. The van der Waals surface area contributed by atoms with Gasteiger partial charge < -0.3 is 5.32 Å². The first-order chi connectivity index (χ1) is 15.1. The normalized spacial score (nSPS) is 20.6. The van der Waals surface area contributed by atoms with Crippen molar-refractivity contribution in [3.05, 3.63) is 74.8 Å². The maximum Gasteiger partial charge on any atom is 0.428 e. The number of hydrogen-bond donors (Lipinski definition) is 2. The standard InChI is InChI=1S/C21H16Cl2F3N3O2S/c1-11-6-12(2-3-16(11)18(30)28-19-27-4-5-32-19)17-10-20(31-29-17,21(24,25)26)13-7-14(22)9-15(23)8-13/h2-3,6-10,29H,4-5H2,1H3,(H,27,28,30). The molecular formula is C21H16Cl2F3N3O2S. The number of alkyl halides is 3. The van der Waals surface area contributed by atoms with Gasteiger partial charge in [-0.2, -0.15) is 13.2 Å². The van der Waals surface area contributed by atoms with Gasteiger partial charge in [-0.05, 0) is 54.5 Å². The molecule has 1 unspecified atom stereocenters. The van der Waals surface area contributed by atoms with Gasteiger partial charge in [0.15, 0.2) is 5.17 Å². The second-order valence-corrected chi connectivity index (χ2v) is 9.13. The number of amidine groups is 1. The van der Waals surface area contributed by atoms with E-state index in [1.165, 1.54) is 17.8 Å². The highest BCUT2D eigenvalue weighted by Crippen LogP contribution is 2.48. The van der Waals surface area contributed by atoms with E-state index in [4.69, 9.17) is 28.0 Å². The molecule has 1 amide bonds. The van der Waals surface area contributed by atoms with Crippen molar-refractivity contribution in [3.63, 3.8) is 0 Å². The summed E-state index contributed by atoms with van der Waals surface area (Å²) in [7, 11) is 0. The van der Waals surface area contributed by atoms with E-state index in [1.807, 2.05) is 0 Å². The minimum absolute atomic E-state index is 0.0535. The third-order valence-electron chi connectivity index (χ3n) is 4.97. The smallest absolute Gasteiger partial charge is 0.301 e. The highest BCUT2D eigenvalue weighted by molar-refractivity contribution is 8.14. The van der Waals surface area contributed by atoms with Gasteiger partial charge in [-0.3, -0.25) is 20.1 Å². The van der Waals surface area contributed by atoms with Crippen LogP contribution in [0.15, 0.2) is 47.5 Å². The van der Waals surface area contributed by atoms with E-state index < -0.39 is 11.8 Å². The molecule has 168 valence electrons. The van der Waals surface area contributed by atoms with Gasteiger partial charge in [0.05, 0.1) is 12.2 Å². The number of nitrogens with one attached hydrogen (secondary N) is 2. The largest absolute Gasteiger partial charge is 0.428 e. The second-order valence-electron chi connectivity index (χ2n) is 7.17. The van der Waals surface area contributed by atoms with Crippen molar-refractivity contribution in [1.29, 1.82) is 0 Å². The zero-order chi connectivity index (χ0) is 23.1. The van der Waals surface area contributed by atoms with Gasteiger partial charge in [0.2, 0.25) is 5.60 Å². The van der Waals surface area contributed by atoms with E-state index >= 15 is 0 Å². The monoisotopic (exact) mass is 501 g/mol. The Bertz CT molecular complexity index is 1130. The third kappa shape index (κ3) is 4.34. The molecule has 0 saturated carbocycles. The molecule has 1 atom stereocenters. The number of thioether (sulfide) groups is 1. The van der Waals surface area contributed by atoms with Gasteiger partial charge in [-0.15, -0.1) is 0 Å². The van der Waals surface area contributed by atoms with Crippen molar-refractivity contribution in [3.8, 4) is 0 Å². The van der Waals surface area contributed by atoms with E-state index in [-0.39, 0.29) is 27.2 Å². The molecule has 2 heterocycles. The minimum atomic E-state index is -4.80. The Labute approximate surface area is 196 Å². The number of aliphatic imine (C=N–C) groups is 1. The summed E-state index contributed by atoms with van der Waals surface area (Å²) in [6.07, 6.45) is -3.86. The molecule has 11 heteroatoms. The summed E-state index contributed by atoms with van der Waals surface area (Å²) in [4.78, 5) is 21.8. The lowest BCUT2D eigenvalue weighted by molar-refractivity contribution is -0.269. The van der Waals surface area contributed by atoms with Gasteiger partial charge in [-0.25, -0.2) is 0 Å². The summed E-state index contributed by atoms with van der Waals surface area (Å²) in [5.74, 6) is 0.483. The Hall–Kier alpha value is -2.20. The molecule has 0 spiro atoms. The zero-order valence-electron chi connectivity index (χ0n) is 16.5. The fourth-order valence-electron chi connectivity index (χ4n) is 3.41. The first kappa shape index (κ1) is 23.0. The topological polar surface area (TPSA) is 62.7 Å². The Balaban J connectivity index is 1.67. The first-order valence-electron chi connectivity index (χ1n) is 9.39. The highest BCUT2D eigenvalue weighted by atomic mass is 35.5. The number of carbonyl (C=O) groups is 1. The first-order valence-corrected chi connectivity index (χ1v) is 11.1.